The summed E-state index contributed by atoms with van der Waals surface area (Å²) in [5, 5.41) is 10.2. The molecule has 0 saturated carbocycles. The van der Waals surface area contributed by atoms with Crippen LogP contribution in [0.1, 0.15) is 40.6 Å². The highest BCUT2D eigenvalue weighted by Crippen LogP contribution is 2.30. The number of benzene rings is 1. The van der Waals surface area contributed by atoms with Crippen LogP contribution in [0, 0.1) is 6.92 Å². The molecule has 0 spiro atoms. The second-order valence-electron chi connectivity index (χ2n) is 6.62. The third-order valence-corrected chi connectivity index (χ3v) is 4.45. The molecule has 1 N–H and O–H groups in total. The molecule has 1 heterocycles. The zero-order valence-electron chi connectivity index (χ0n) is 18.1. The van der Waals surface area contributed by atoms with E-state index >= 15 is 0 Å². The molecular weight excluding hydrogens is 425 g/mol. The summed E-state index contributed by atoms with van der Waals surface area (Å²) in [5.41, 5.74) is 1.30. The molecule has 1 amide bonds. The molecule has 0 aliphatic rings. The number of aryl methyl sites for hydroxylation is 1. The van der Waals surface area contributed by atoms with Crippen LogP contribution in [0.2, 0.25) is 0 Å². The number of aromatic nitrogens is 1. The van der Waals surface area contributed by atoms with Gasteiger partial charge in [-0.15, -0.1) is 0 Å². The van der Waals surface area contributed by atoms with E-state index < -0.39 is 17.6 Å². The van der Waals surface area contributed by atoms with Crippen molar-refractivity contribution in [3.63, 3.8) is 0 Å². The standard InChI is InChI=1S/C22H23F3N4O3/c1-6-16-10-15(22(23,24)25)11-19(27-16)14(3)28-32-12-18-13(2)8-7-9-17(18)20(29-31-5)21(30)26-4/h6-11H,1,12H2,2-5H3,(H,26,30)/b28-14+,29-20+. The van der Waals surface area contributed by atoms with E-state index in [4.69, 9.17) is 9.68 Å². The lowest BCUT2D eigenvalue weighted by atomic mass is 9.98. The number of nitrogens with zero attached hydrogens (tertiary/aromatic N) is 3. The van der Waals surface area contributed by atoms with Crippen molar-refractivity contribution in [1.82, 2.24) is 10.3 Å². The highest BCUT2D eigenvalue weighted by atomic mass is 19.4. The second kappa shape index (κ2) is 10.6. The number of nitrogens with one attached hydrogen (secondary N) is 1. The van der Waals surface area contributed by atoms with E-state index in [1.54, 1.807) is 12.1 Å². The summed E-state index contributed by atoms with van der Waals surface area (Å²) >= 11 is 0. The smallest absolute Gasteiger partial charge is 0.398 e. The van der Waals surface area contributed by atoms with Crippen LogP contribution in [0.15, 0.2) is 47.2 Å². The van der Waals surface area contributed by atoms with Gasteiger partial charge in [-0.2, -0.15) is 13.2 Å². The minimum atomic E-state index is -4.54. The van der Waals surface area contributed by atoms with Crippen LogP contribution >= 0.6 is 0 Å². The van der Waals surface area contributed by atoms with E-state index in [1.807, 2.05) is 13.0 Å². The second-order valence-corrected chi connectivity index (χ2v) is 6.62. The number of rotatable bonds is 8. The monoisotopic (exact) mass is 448 g/mol. The highest BCUT2D eigenvalue weighted by Gasteiger charge is 2.31. The summed E-state index contributed by atoms with van der Waals surface area (Å²) in [5.74, 6) is -0.455. The summed E-state index contributed by atoms with van der Waals surface area (Å²) < 4.78 is 39.5. The zero-order valence-corrected chi connectivity index (χ0v) is 18.1. The number of halogens is 3. The third-order valence-electron chi connectivity index (χ3n) is 4.45. The first kappa shape index (κ1) is 24.6. The molecule has 2 rings (SSSR count). The third kappa shape index (κ3) is 5.93. The maximum Gasteiger partial charge on any atom is 0.416 e. The van der Waals surface area contributed by atoms with Crippen LogP contribution in [-0.2, 0) is 27.3 Å². The maximum atomic E-state index is 13.2. The molecular formula is C22H23F3N4O3. The van der Waals surface area contributed by atoms with Gasteiger partial charge in [-0.25, -0.2) is 4.98 Å². The van der Waals surface area contributed by atoms with E-state index in [-0.39, 0.29) is 29.4 Å². The molecule has 170 valence electrons. The minimum absolute atomic E-state index is 0.00623. The fraction of sp³-hybridized carbons (Fsp3) is 0.273. The number of hydrogen-bond acceptors (Lipinski definition) is 6. The Morgan fingerprint density at radius 1 is 1.28 bits per heavy atom. The Bertz CT molecular complexity index is 1060. The Kier molecular flexibility index (Phi) is 8.11. The number of oxime groups is 2. The average Bonchev–Trinajstić information content (AvgIpc) is 2.77. The number of amides is 1. The molecule has 10 heteroatoms. The number of pyridine rings is 1. The molecule has 0 radical (unpaired) electrons. The van der Waals surface area contributed by atoms with Crippen molar-refractivity contribution in [2.45, 2.75) is 26.6 Å². The number of carbonyl (C=O) groups is 1. The average molecular weight is 448 g/mol. The molecule has 0 fully saturated rings. The molecule has 32 heavy (non-hydrogen) atoms. The lowest BCUT2D eigenvalue weighted by Gasteiger charge is -2.13. The van der Waals surface area contributed by atoms with Crippen LogP contribution in [-0.4, -0.2) is 36.5 Å². The molecule has 0 aliphatic carbocycles. The lowest BCUT2D eigenvalue weighted by molar-refractivity contribution is -0.137. The molecule has 1 aromatic carbocycles. The topological polar surface area (TPSA) is 85.2 Å². The molecule has 1 aromatic heterocycles. The molecule has 2 aromatic rings. The first-order valence-electron chi connectivity index (χ1n) is 9.43. The summed E-state index contributed by atoms with van der Waals surface area (Å²) in [6.07, 6.45) is -3.31. The molecule has 0 unspecified atom stereocenters. The van der Waals surface area contributed by atoms with Crippen LogP contribution in [0.5, 0.6) is 0 Å². The first-order valence-corrected chi connectivity index (χ1v) is 9.43. The van der Waals surface area contributed by atoms with Crippen molar-refractivity contribution in [1.29, 1.82) is 0 Å². The Labute approximate surface area is 183 Å². The van der Waals surface area contributed by atoms with Gasteiger partial charge in [0.2, 0.25) is 0 Å². The molecule has 0 aliphatic heterocycles. The molecule has 0 saturated heterocycles. The van der Waals surface area contributed by atoms with E-state index in [1.165, 1.54) is 27.2 Å². The summed E-state index contributed by atoms with van der Waals surface area (Å²) in [6.45, 7) is 6.71. The van der Waals surface area contributed by atoms with E-state index in [2.05, 4.69) is 27.2 Å². The highest BCUT2D eigenvalue weighted by molar-refractivity contribution is 6.45. The van der Waals surface area contributed by atoms with Gasteiger partial charge in [-0.3, -0.25) is 4.79 Å². The summed E-state index contributed by atoms with van der Waals surface area (Å²) in [4.78, 5) is 26.5. The molecule has 7 nitrogen and oxygen atoms in total. The minimum Gasteiger partial charge on any atom is -0.398 e. The van der Waals surface area contributed by atoms with Gasteiger partial charge in [0.25, 0.3) is 5.91 Å². The Morgan fingerprint density at radius 3 is 2.59 bits per heavy atom. The van der Waals surface area contributed by atoms with Crippen molar-refractivity contribution in [3.05, 3.63) is 70.6 Å². The van der Waals surface area contributed by atoms with Crippen LogP contribution < -0.4 is 5.32 Å². The van der Waals surface area contributed by atoms with Crippen LogP contribution in [0.3, 0.4) is 0 Å². The van der Waals surface area contributed by atoms with E-state index in [0.29, 0.717) is 11.1 Å². The van der Waals surface area contributed by atoms with Gasteiger partial charge in [0.15, 0.2) is 5.71 Å². The van der Waals surface area contributed by atoms with Crippen molar-refractivity contribution in [3.8, 4) is 0 Å². The van der Waals surface area contributed by atoms with Gasteiger partial charge in [0.1, 0.15) is 19.4 Å². The van der Waals surface area contributed by atoms with Gasteiger partial charge < -0.3 is 15.0 Å². The Hall–Kier alpha value is -3.69. The lowest BCUT2D eigenvalue weighted by Crippen LogP contribution is -2.29. The fourth-order valence-corrected chi connectivity index (χ4v) is 2.78. The molecule has 0 bridgehead atoms. The van der Waals surface area contributed by atoms with Gasteiger partial charge in [0.05, 0.1) is 17.0 Å². The fourth-order valence-electron chi connectivity index (χ4n) is 2.78. The van der Waals surface area contributed by atoms with Gasteiger partial charge in [0, 0.05) is 18.2 Å². The van der Waals surface area contributed by atoms with Crippen molar-refractivity contribution < 1.29 is 27.6 Å². The number of carbonyl (C=O) groups excluding carboxylic acids is 1. The number of likely N-dealkylation sites (N-methyl/N-ethyl adjacent to an activating group) is 1. The van der Waals surface area contributed by atoms with Crippen LogP contribution in [0.4, 0.5) is 13.2 Å². The van der Waals surface area contributed by atoms with E-state index in [9.17, 15) is 18.0 Å². The summed E-state index contributed by atoms with van der Waals surface area (Å²) in [7, 11) is 2.79. The number of hydrogen-bond donors (Lipinski definition) is 1. The van der Waals surface area contributed by atoms with E-state index in [0.717, 1.165) is 17.7 Å². The first-order chi connectivity index (χ1) is 15.1. The van der Waals surface area contributed by atoms with Crippen LogP contribution in [0.25, 0.3) is 6.08 Å². The predicted octanol–water partition coefficient (Wildman–Crippen LogP) is 4.09. The molecule has 0 atom stereocenters. The Balaban J connectivity index is 2.35. The zero-order chi connectivity index (χ0) is 23.9. The Morgan fingerprint density at radius 2 is 2.00 bits per heavy atom. The summed E-state index contributed by atoms with van der Waals surface area (Å²) in [6, 6.07) is 7.04. The quantitative estimate of drug-likeness (QED) is 0.487. The normalized spacial score (nSPS) is 12.3. The number of alkyl halides is 3. The SMILES string of the molecule is C=Cc1cc(C(F)(F)F)cc(/C(C)=N/OCc2c(C)cccc2/C(=N\OC)C(=O)NC)n1. The van der Waals surface area contributed by atoms with Gasteiger partial charge >= 0.3 is 6.18 Å². The van der Waals surface area contributed by atoms with Gasteiger partial charge in [-0.05, 0) is 37.6 Å². The van der Waals surface area contributed by atoms with Crippen molar-refractivity contribution in [2.24, 2.45) is 10.3 Å². The van der Waals surface area contributed by atoms with Crippen molar-refractivity contribution in [2.75, 3.05) is 14.2 Å². The van der Waals surface area contributed by atoms with Gasteiger partial charge in [-0.1, -0.05) is 35.1 Å². The largest absolute Gasteiger partial charge is 0.416 e. The predicted molar refractivity (Wildman–Crippen MR) is 115 cm³/mol. The van der Waals surface area contributed by atoms with Crippen molar-refractivity contribution >= 4 is 23.4 Å². The maximum absolute atomic E-state index is 13.2.